The molecule has 1 unspecified atom stereocenters. The van der Waals surface area contributed by atoms with Crippen LogP contribution in [0.2, 0.25) is 0 Å². The third-order valence-corrected chi connectivity index (χ3v) is 5.95. The summed E-state index contributed by atoms with van der Waals surface area (Å²) in [4.78, 5) is 23.8. The third-order valence-electron chi connectivity index (χ3n) is 5.95. The number of nitro groups is 1. The largest absolute Gasteiger partial charge is 0.454 e. The first-order valence-electron chi connectivity index (χ1n) is 10.1. The monoisotopic (exact) mass is 429 g/mol. The van der Waals surface area contributed by atoms with Crippen molar-refractivity contribution in [1.29, 1.82) is 0 Å². The fraction of sp³-hybridized carbons (Fsp3) is 0.167. The number of nitro benzene ring substituents is 1. The lowest BCUT2D eigenvalue weighted by atomic mass is 9.85. The second kappa shape index (κ2) is 7.81. The maximum Gasteiger partial charge on any atom is 0.282 e. The molecule has 1 fully saturated rings. The molecule has 0 bridgehead atoms. The number of hydrogen-bond donors (Lipinski definition) is 1. The summed E-state index contributed by atoms with van der Waals surface area (Å²) in [6.45, 7) is 0.00650. The number of benzene rings is 3. The predicted octanol–water partition coefficient (Wildman–Crippen LogP) is 3.78. The first kappa shape index (κ1) is 19.7. The lowest BCUT2D eigenvalue weighted by molar-refractivity contribution is -0.385. The van der Waals surface area contributed by atoms with Crippen molar-refractivity contribution in [3.63, 3.8) is 0 Å². The van der Waals surface area contributed by atoms with Crippen molar-refractivity contribution < 1.29 is 19.2 Å². The molecular formula is C24H19N3O5. The highest BCUT2D eigenvalue weighted by atomic mass is 16.7. The minimum absolute atomic E-state index is 0.00650. The van der Waals surface area contributed by atoms with Crippen molar-refractivity contribution in [2.45, 2.75) is 11.8 Å². The number of nitrogens with one attached hydrogen (secondary N) is 1. The molecule has 3 aromatic rings. The number of amides is 1. The van der Waals surface area contributed by atoms with Gasteiger partial charge in [-0.2, -0.15) is 5.10 Å². The molecule has 1 atom stereocenters. The topological polar surface area (TPSA) is 103 Å². The van der Waals surface area contributed by atoms with E-state index in [1.165, 1.54) is 18.3 Å². The molecule has 0 aromatic heterocycles. The van der Waals surface area contributed by atoms with Crippen molar-refractivity contribution >= 4 is 17.8 Å². The normalized spacial score (nSPS) is 17.8. The van der Waals surface area contributed by atoms with E-state index in [1.807, 2.05) is 60.7 Å². The van der Waals surface area contributed by atoms with Crippen molar-refractivity contribution in [1.82, 2.24) is 5.43 Å². The van der Waals surface area contributed by atoms with Gasteiger partial charge in [-0.25, -0.2) is 5.43 Å². The number of ether oxygens (including phenoxy) is 2. The molecule has 1 heterocycles. The van der Waals surface area contributed by atoms with Crippen LogP contribution in [0.4, 0.5) is 5.69 Å². The average molecular weight is 429 g/mol. The molecule has 3 aromatic carbocycles. The first-order chi connectivity index (χ1) is 15.6. The van der Waals surface area contributed by atoms with Gasteiger partial charge in [-0.3, -0.25) is 14.9 Å². The number of carbonyl (C=O) groups is 1. The van der Waals surface area contributed by atoms with Gasteiger partial charge in [0.25, 0.3) is 5.69 Å². The summed E-state index contributed by atoms with van der Waals surface area (Å²) in [5.74, 6) is 0.178. The Morgan fingerprint density at radius 2 is 1.62 bits per heavy atom. The quantitative estimate of drug-likeness (QED) is 0.365. The SMILES string of the molecule is O=C(NN=Cc1cc2c(cc1[N+](=O)[O-])OCO2)C1CC1(c1ccccc1)c1ccccc1. The molecule has 1 aliphatic heterocycles. The first-order valence-corrected chi connectivity index (χ1v) is 10.1. The van der Waals surface area contributed by atoms with Crippen molar-refractivity contribution in [2.24, 2.45) is 11.0 Å². The molecule has 32 heavy (non-hydrogen) atoms. The van der Waals surface area contributed by atoms with Crippen LogP contribution >= 0.6 is 0 Å². The van der Waals surface area contributed by atoms with E-state index < -0.39 is 10.3 Å². The van der Waals surface area contributed by atoms with E-state index in [-0.39, 0.29) is 29.9 Å². The molecule has 0 spiro atoms. The van der Waals surface area contributed by atoms with E-state index in [1.54, 1.807) is 0 Å². The summed E-state index contributed by atoms with van der Waals surface area (Å²) < 4.78 is 10.5. The number of fused-ring (bicyclic) bond motifs is 1. The summed E-state index contributed by atoms with van der Waals surface area (Å²) in [7, 11) is 0. The standard InChI is InChI=1S/C24H19N3O5/c28-23(26-25-14-16-11-21-22(32-15-31-21)12-20(16)27(29)30)19-13-24(19,17-7-3-1-4-8-17)18-9-5-2-6-10-18/h1-12,14,19H,13,15H2,(H,26,28). The van der Waals surface area contributed by atoms with Gasteiger partial charge in [0, 0.05) is 5.41 Å². The van der Waals surface area contributed by atoms with Crippen molar-refractivity contribution in [2.75, 3.05) is 6.79 Å². The fourth-order valence-corrected chi connectivity index (χ4v) is 4.31. The Kier molecular flexibility index (Phi) is 4.82. The molecule has 160 valence electrons. The Labute approximate surface area is 183 Å². The van der Waals surface area contributed by atoms with Crippen LogP contribution in [0.25, 0.3) is 0 Å². The summed E-state index contributed by atoms with van der Waals surface area (Å²) >= 11 is 0. The molecule has 0 saturated heterocycles. The fourth-order valence-electron chi connectivity index (χ4n) is 4.31. The molecule has 8 heteroatoms. The maximum atomic E-state index is 13.0. The number of carbonyl (C=O) groups excluding carboxylic acids is 1. The smallest absolute Gasteiger partial charge is 0.282 e. The summed E-state index contributed by atoms with van der Waals surface area (Å²) in [6.07, 6.45) is 1.92. The Balaban J connectivity index is 1.37. The highest BCUT2D eigenvalue weighted by Crippen LogP contribution is 2.58. The Morgan fingerprint density at radius 3 is 2.22 bits per heavy atom. The van der Waals surface area contributed by atoms with Gasteiger partial charge in [0.15, 0.2) is 11.5 Å². The molecule has 8 nitrogen and oxygen atoms in total. The summed E-state index contributed by atoms with van der Waals surface area (Å²) in [5.41, 5.74) is 4.33. The molecule has 2 aliphatic rings. The number of rotatable bonds is 6. The second-order valence-electron chi connectivity index (χ2n) is 7.72. The predicted molar refractivity (Wildman–Crippen MR) is 117 cm³/mol. The van der Waals surface area contributed by atoms with Crippen LogP contribution in [0.5, 0.6) is 11.5 Å². The molecule has 1 aliphatic carbocycles. The van der Waals surface area contributed by atoms with Gasteiger partial charge in [0.1, 0.15) is 0 Å². The van der Waals surface area contributed by atoms with Crippen LogP contribution in [0.15, 0.2) is 77.9 Å². The van der Waals surface area contributed by atoms with Gasteiger partial charge in [0.2, 0.25) is 12.7 Å². The zero-order valence-electron chi connectivity index (χ0n) is 16.9. The molecular weight excluding hydrogens is 410 g/mol. The van der Waals surface area contributed by atoms with Crippen LogP contribution < -0.4 is 14.9 Å². The van der Waals surface area contributed by atoms with Gasteiger partial charge < -0.3 is 9.47 Å². The van der Waals surface area contributed by atoms with E-state index >= 15 is 0 Å². The number of hydrazone groups is 1. The van der Waals surface area contributed by atoms with Gasteiger partial charge >= 0.3 is 0 Å². The maximum absolute atomic E-state index is 13.0. The Morgan fingerprint density at radius 1 is 1.03 bits per heavy atom. The Hall–Kier alpha value is -4.20. The molecule has 1 saturated carbocycles. The molecule has 0 radical (unpaired) electrons. The second-order valence-corrected chi connectivity index (χ2v) is 7.72. The summed E-state index contributed by atoms with van der Waals surface area (Å²) in [6, 6.07) is 22.6. The minimum Gasteiger partial charge on any atom is -0.454 e. The van der Waals surface area contributed by atoms with Crippen LogP contribution in [-0.2, 0) is 10.2 Å². The minimum atomic E-state index is -0.526. The van der Waals surface area contributed by atoms with Crippen LogP contribution in [0.1, 0.15) is 23.1 Å². The van der Waals surface area contributed by atoms with E-state index in [0.29, 0.717) is 17.9 Å². The Bertz CT molecular complexity index is 1170. The van der Waals surface area contributed by atoms with Gasteiger partial charge in [-0.05, 0) is 23.6 Å². The molecule has 1 amide bonds. The highest BCUT2D eigenvalue weighted by molar-refractivity contribution is 5.90. The molecule has 1 N–H and O–H groups in total. The van der Waals surface area contributed by atoms with E-state index in [0.717, 1.165) is 11.1 Å². The van der Waals surface area contributed by atoms with Crippen LogP contribution in [0.3, 0.4) is 0 Å². The van der Waals surface area contributed by atoms with Crippen molar-refractivity contribution in [3.05, 3.63) is 99.6 Å². The van der Waals surface area contributed by atoms with E-state index in [4.69, 9.17) is 9.47 Å². The zero-order chi connectivity index (χ0) is 22.1. The highest BCUT2D eigenvalue weighted by Gasteiger charge is 2.60. The molecule has 5 rings (SSSR count). The number of nitrogens with zero attached hydrogens (tertiary/aromatic N) is 2. The van der Waals surface area contributed by atoms with Crippen LogP contribution in [0, 0.1) is 16.0 Å². The third kappa shape index (κ3) is 3.35. The van der Waals surface area contributed by atoms with Crippen LogP contribution in [-0.4, -0.2) is 23.8 Å². The zero-order valence-corrected chi connectivity index (χ0v) is 16.9. The van der Waals surface area contributed by atoms with Gasteiger partial charge in [0.05, 0.1) is 28.7 Å². The summed E-state index contributed by atoms with van der Waals surface area (Å²) in [5, 5.41) is 15.4. The van der Waals surface area contributed by atoms with E-state index in [2.05, 4.69) is 10.5 Å². The lowest BCUT2D eigenvalue weighted by Gasteiger charge is -2.18. The van der Waals surface area contributed by atoms with Crippen molar-refractivity contribution in [3.8, 4) is 11.5 Å². The number of hydrogen-bond acceptors (Lipinski definition) is 6. The average Bonchev–Trinajstić information content (AvgIpc) is 3.43. The lowest BCUT2D eigenvalue weighted by Crippen LogP contribution is -2.25. The van der Waals surface area contributed by atoms with E-state index in [9.17, 15) is 14.9 Å². The van der Waals surface area contributed by atoms with Gasteiger partial charge in [-0.1, -0.05) is 60.7 Å². The van der Waals surface area contributed by atoms with Gasteiger partial charge in [-0.15, -0.1) is 0 Å².